The molecule has 0 aliphatic rings. The molecule has 1 aromatic carbocycles. The Kier molecular flexibility index (Phi) is 6.07. The van der Waals surface area contributed by atoms with Gasteiger partial charge in [0.2, 0.25) is 0 Å². The lowest BCUT2D eigenvalue weighted by Gasteiger charge is -2.22. The van der Waals surface area contributed by atoms with E-state index in [4.69, 9.17) is 0 Å². The first-order chi connectivity index (χ1) is 7.67. The van der Waals surface area contributed by atoms with Crippen LogP contribution in [0.3, 0.4) is 0 Å². The summed E-state index contributed by atoms with van der Waals surface area (Å²) in [5, 5.41) is 3.69. The van der Waals surface area contributed by atoms with Gasteiger partial charge >= 0.3 is 0 Å². The van der Waals surface area contributed by atoms with Crippen LogP contribution < -0.4 is 5.32 Å². The van der Waals surface area contributed by atoms with Gasteiger partial charge in [-0.2, -0.15) is 0 Å². The lowest BCUT2D eigenvalue weighted by atomic mass is 10.0. The topological polar surface area (TPSA) is 12.0 Å². The van der Waals surface area contributed by atoms with E-state index in [9.17, 15) is 0 Å². The van der Waals surface area contributed by atoms with E-state index in [1.54, 1.807) is 0 Å². The first kappa shape index (κ1) is 13.7. The van der Waals surface area contributed by atoms with E-state index in [2.05, 4.69) is 66.3 Å². The Morgan fingerprint density at radius 1 is 1.31 bits per heavy atom. The van der Waals surface area contributed by atoms with Crippen LogP contribution in [0, 0.1) is 0 Å². The fourth-order valence-corrected chi connectivity index (χ4v) is 2.45. The van der Waals surface area contributed by atoms with Crippen LogP contribution in [0.1, 0.15) is 51.6 Å². The minimum Gasteiger partial charge on any atom is -0.307 e. The molecule has 0 aromatic heterocycles. The number of hydrogen-bond acceptors (Lipinski definition) is 1. The van der Waals surface area contributed by atoms with Crippen LogP contribution in [-0.4, -0.2) is 6.04 Å². The van der Waals surface area contributed by atoms with E-state index in [0.29, 0.717) is 12.1 Å². The van der Waals surface area contributed by atoms with Gasteiger partial charge in [0.25, 0.3) is 0 Å². The summed E-state index contributed by atoms with van der Waals surface area (Å²) >= 11 is 3.53. The molecular formula is C14H22BrN. The minimum absolute atomic E-state index is 0.471. The van der Waals surface area contributed by atoms with Crippen LogP contribution in [0.5, 0.6) is 0 Å². The SMILES string of the molecule is CCCC(C)NC(CC)c1cccc(Br)c1. The smallest absolute Gasteiger partial charge is 0.0320 e. The van der Waals surface area contributed by atoms with Crippen molar-refractivity contribution >= 4 is 15.9 Å². The number of rotatable bonds is 6. The summed E-state index contributed by atoms with van der Waals surface area (Å²) in [6.07, 6.45) is 3.61. The zero-order valence-corrected chi connectivity index (χ0v) is 12.0. The van der Waals surface area contributed by atoms with Crippen molar-refractivity contribution in [3.05, 3.63) is 34.3 Å². The number of hydrogen-bond donors (Lipinski definition) is 1. The molecule has 2 atom stereocenters. The van der Waals surface area contributed by atoms with Gasteiger partial charge in [-0.15, -0.1) is 0 Å². The largest absolute Gasteiger partial charge is 0.307 e. The van der Waals surface area contributed by atoms with Gasteiger partial charge in [0.15, 0.2) is 0 Å². The molecule has 0 spiro atoms. The van der Waals surface area contributed by atoms with Crippen LogP contribution in [0.25, 0.3) is 0 Å². The van der Waals surface area contributed by atoms with E-state index in [0.717, 1.165) is 10.9 Å². The lowest BCUT2D eigenvalue weighted by Crippen LogP contribution is -2.30. The zero-order chi connectivity index (χ0) is 12.0. The van der Waals surface area contributed by atoms with E-state index in [1.807, 2.05) is 0 Å². The summed E-state index contributed by atoms with van der Waals surface area (Å²) in [5.41, 5.74) is 1.37. The number of benzene rings is 1. The molecule has 0 fully saturated rings. The fraction of sp³-hybridized carbons (Fsp3) is 0.571. The Balaban J connectivity index is 2.67. The van der Waals surface area contributed by atoms with Crippen LogP contribution in [0.4, 0.5) is 0 Å². The Morgan fingerprint density at radius 2 is 2.06 bits per heavy atom. The maximum atomic E-state index is 3.69. The van der Waals surface area contributed by atoms with Crippen molar-refractivity contribution < 1.29 is 0 Å². The molecule has 0 amide bonds. The molecule has 2 unspecified atom stereocenters. The lowest BCUT2D eigenvalue weighted by molar-refractivity contribution is 0.424. The van der Waals surface area contributed by atoms with Gasteiger partial charge in [0.05, 0.1) is 0 Å². The monoisotopic (exact) mass is 283 g/mol. The summed E-state index contributed by atoms with van der Waals surface area (Å²) in [6, 6.07) is 9.65. The third-order valence-corrected chi connectivity index (χ3v) is 3.36. The molecule has 1 N–H and O–H groups in total. The van der Waals surface area contributed by atoms with Crippen molar-refractivity contribution in [3.63, 3.8) is 0 Å². The van der Waals surface area contributed by atoms with Crippen LogP contribution in [0.2, 0.25) is 0 Å². The molecule has 0 saturated carbocycles. The van der Waals surface area contributed by atoms with Crippen molar-refractivity contribution in [2.24, 2.45) is 0 Å². The highest BCUT2D eigenvalue weighted by molar-refractivity contribution is 9.10. The molecule has 0 aliphatic heterocycles. The molecule has 0 bridgehead atoms. The van der Waals surface area contributed by atoms with Crippen molar-refractivity contribution in [3.8, 4) is 0 Å². The van der Waals surface area contributed by atoms with Gasteiger partial charge in [-0.3, -0.25) is 0 Å². The summed E-state index contributed by atoms with van der Waals surface area (Å²) in [7, 11) is 0. The second-order valence-corrected chi connectivity index (χ2v) is 5.29. The number of halogens is 1. The van der Waals surface area contributed by atoms with E-state index in [1.165, 1.54) is 18.4 Å². The third-order valence-electron chi connectivity index (χ3n) is 2.87. The zero-order valence-electron chi connectivity index (χ0n) is 10.5. The highest BCUT2D eigenvalue weighted by Gasteiger charge is 2.11. The predicted molar refractivity (Wildman–Crippen MR) is 74.7 cm³/mol. The van der Waals surface area contributed by atoms with Crippen molar-refractivity contribution in [1.29, 1.82) is 0 Å². The average molecular weight is 284 g/mol. The second-order valence-electron chi connectivity index (χ2n) is 4.37. The standard InChI is InChI=1S/C14H22BrN/c1-4-7-11(3)16-14(5-2)12-8-6-9-13(15)10-12/h6,8-11,14,16H,4-5,7H2,1-3H3. The van der Waals surface area contributed by atoms with Gasteiger partial charge in [0, 0.05) is 16.6 Å². The minimum atomic E-state index is 0.471. The normalized spacial score (nSPS) is 14.8. The van der Waals surface area contributed by atoms with Crippen molar-refractivity contribution in [1.82, 2.24) is 5.32 Å². The molecule has 0 heterocycles. The molecule has 1 nitrogen and oxygen atoms in total. The molecular weight excluding hydrogens is 262 g/mol. The van der Waals surface area contributed by atoms with E-state index >= 15 is 0 Å². The Labute approximate surface area is 108 Å². The first-order valence-electron chi connectivity index (χ1n) is 6.18. The molecule has 1 rings (SSSR count). The Hall–Kier alpha value is -0.340. The molecule has 2 heteroatoms. The number of nitrogens with one attached hydrogen (secondary N) is 1. The molecule has 0 aliphatic carbocycles. The summed E-state index contributed by atoms with van der Waals surface area (Å²) in [5.74, 6) is 0. The molecule has 90 valence electrons. The Bertz CT molecular complexity index is 311. The maximum Gasteiger partial charge on any atom is 0.0320 e. The van der Waals surface area contributed by atoms with Gasteiger partial charge < -0.3 is 5.32 Å². The first-order valence-corrected chi connectivity index (χ1v) is 6.98. The third kappa shape index (κ3) is 4.26. The highest BCUT2D eigenvalue weighted by atomic mass is 79.9. The maximum absolute atomic E-state index is 3.69. The van der Waals surface area contributed by atoms with Gasteiger partial charge in [-0.1, -0.05) is 48.3 Å². The fourth-order valence-electron chi connectivity index (χ4n) is 2.03. The quantitative estimate of drug-likeness (QED) is 0.800. The molecule has 0 saturated heterocycles. The van der Waals surface area contributed by atoms with Crippen molar-refractivity contribution in [2.75, 3.05) is 0 Å². The summed E-state index contributed by atoms with van der Waals surface area (Å²) in [4.78, 5) is 0. The molecule has 0 radical (unpaired) electrons. The average Bonchev–Trinajstić information content (AvgIpc) is 2.26. The van der Waals surface area contributed by atoms with Gasteiger partial charge in [-0.25, -0.2) is 0 Å². The van der Waals surface area contributed by atoms with Crippen molar-refractivity contribution in [2.45, 2.75) is 52.1 Å². The van der Waals surface area contributed by atoms with E-state index < -0.39 is 0 Å². The van der Waals surface area contributed by atoms with Crippen LogP contribution >= 0.6 is 15.9 Å². The highest BCUT2D eigenvalue weighted by Crippen LogP contribution is 2.21. The van der Waals surface area contributed by atoms with Gasteiger partial charge in [0.1, 0.15) is 0 Å². The van der Waals surface area contributed by atoms with Crippen LogP contribution in [-0.2, 0) is 0 Å². The Morgan fingerprint density at radius 3 is 2.62 bits per heavy atom. The summed E-state index contributed by atoms with van der Waals surface area (Å²) in [6.45, 7) is 6.74. The summed E-state index contributed by atoms with van der Waals surface area (Å²) < 4.78 is 1.16. The molecule has 16 heavy (non-hydrogen) atoms. The van der Waals surface area contributed by atoms with E-state index in [-0.39, 0.29) is 0 Å². The predicted octanol–water partition coefficient (Wildman–Crippen LogP) is 4.68. The van der Waals surface area contributed by atoms with Crippen LogP contribution in [0.15, 0.2) is 28.7 Å². The van der Waals surface area contributed by atoms with Gasteiger partial charge in [-0.05, 0) is 37.5 Å². The molecule has 1 aromatic rings. The second kappa shape index (κ2) is 7.08.